The molecule has 1 heterocycles. The quantitative estimate of drug-likeness (QED) is 0.902. The minimum absolute atomic E-state index is 0.0914. The minimum atomic E-state index is -0.0914. The van der Waals surface area contributed by atoms with Crippen molar-refractivity contribution in [2.45, 2.75) is 51.5 Å². The molecule has 0 bridgehead atoms. The van der Waals surface area contributed by atoms with Crippen molar-refractivity contribution in [3.8, 4) is 0 Å². The highest BCUT2D eigenvalue weighted by Gasteiger charge is 2.22. The molecule has 1 atom stereocenters. The molecule has 19 heavy (non-hydrogen) atoms. The van der Waals surface area contributed by atoms with Crippen molar-refractivity contribution in [2.24, 2.45) is 5.73 Å². The second kappa shape index (κ2) is 6.90. The van der Waals surface area contributed by atoms with Gasteiger partial charge in [-0.05, 0) is 49.9 Å². The van der Waals surface area contributed by atoms with Crippen molar-refractivity contribution in [3.05, 3.63) is 29.6 Å². The van der Waals surface area contributed by atoms with Crippen LogP contribution in [0.3, 0.4) is 0 Å². The van der Waals surface area contributed by atoms with Crippen LogP contribution in [0.5, 0.6) is 0 Å². The van der Waals surface area contributed by atoms with E-state index in [0.29, 0.717) is 12.6 Å². The van der Waals surface area contributed by atoms with E-state index in [1.165, 1.54) is 25.7 Å². The number of hydrogen-bond donors (Lipinski definition) is 1. The van der Waals surface area contributed by atoms with Crippen molar-refractivity contribution in [3.63, 3.8) is 0 Å². The Hall–Kier alpha value is -1.09. The first kappa shape index (κ1) is 14.3. The molecule has 1 aromatic carbocycles. The summed E-state index contributed by atoms with van der Waals surface area (Å²) in [5.41, 5.74) is 7.29. The number of benzene rings is 1. The smallest absolute Gasteiger partial charge is 0.146 e. The topological polar surface area (TPSA) is 29.3 Å². The van der Waals surface area contributed by atoms with E-state index in [0.717, 1.165) is 30.6 Å². The van der Waals surface area contributed by atoms with Crippen molar-refractivity contribution in [2.75, 3.05) is 18.0 Å². The zero-order valence-corrected chi connectivity index (χ0v) is 11.9. The fourth-order valence-electron chi connectivity index (χ4n) is 3.02. The van der Waals surface area contributed by atoms with Crippen molar-refractivity contribution < 1.29 is 4.39 Å². The SMILES string of the molecule is CCC1CCCCCN1c1ccc(CCN)cc1F. The molecule has 106 valence electrons. The van der Waals surface area contributed by atoms with E-state index in [2.05, 4.69) is 11.8 Å². The molecule has 2 nitrogen and oxygen atoms in total. The van der Waals surface area contributed by atoms with Gasteiger partial charge in [0, 0.05) is 12.6 Å². The predicted octanol–water partition coefficient (Wildman–Crippen LogP) is 3.49. The highest BCUT2D eigenvalue weighted by molar-refractivity contribution is 5.50. The highest BCUT2D eigenvalue weighted by Crippen LogP contribution is 2.28. The number of anilines is 1. The molecule has 0 radical (unpaired) electrons. The Labute approximate surface area is 115 Å². The highest BCUT2D eigenvalue weighted by atomic mass is 19.1. The molecule has 1 fully saturated rings. The summed E-state index contributed by atoms with van der Waals surface area (Å²) in [6.45, 7) is 3.75. The lowest BCUT2D eigenvalue weighted by Crippen LogP contribution is -2.35. The molecule has 2 rings (SSSR count). The first-order valence-electron chi connectivity index (χ1n) is 7.51. The third kappa shape index (κ3) is 3.47. The number of halogens is 1. The standard InChI is InChI=1S/C16H25FN2/c1-2-14-6-4-3-5-11-19(14)16-8-7-13(9-10-18)12-15(16)17/h7-8,12,14H,2-6,9-11,18H2,1H3. The Bertz CT molecular complexity index is 406. The maximum absolute atomic E-state index is 14.3. The summed E-state index contributed by atoms with van der Waals surface area (Å²) >= 11 is 0. The molecule has 1 aliphatic rings. The van der Waals surface area contributed by atoms with Crippen LogP contribution in [0.1, 0.15) is 44.6 Å². The maximum atomic E-state index is 14.3. The van der Waals surface area contributed by atoms with Gasteiger partial charge in [0.25, 0.3) is 0 Å². The number of hydrogen-bond acceptors (Lipinski definition) is 2. The summed E-state index contributed by atoms with van der Waals surface area (Å²) in [7, 11) is 0. The van der Waals surface area contributed by atoms with Crippen LogP contribution in [0, 0.1) is 5.82 Å². The fraction of sp³-hybridized carbons (Fsp3) is 0.625. The van der Waals surface area contributed by atoms with E-state index < -0.39 is 0 Å². The van der Waals surface area contributed by atoms with Gasteiger partial charge in [0.1, 0.15) is 5.82 Å². The molecule has 0 aliphatic carbocycles. The first-order valence-corrected chi connectivity index (χ1v) is 7.51. The molecule has 0 saturated carbocycles. The Morgan fingerprint density at radius 2 is 2.16 bits per heavy atom. The van der Waals surface area contributed by atoms with Gasteiger partial charge < -0.3 is 10.6 Å². The van der Waals surface area contributed by atoms with Crippen LogP contribution >= 0.6 is 0 Å². The van der Waals surface area contributed by atoms with Crippen molar-refractivity contribution in [1.82, 2.24) is 0 Å². The lowest BCUT2D eigenvalue weighted by molar-refractivity contribution is 0.539. The summed E-state index contributed by atoms with van der Waals surface area (Å²) in [6, 6.07) is 6.09. The summed E-state index contributed by atoms with van der Waals surface area (Å²) in [6.07, 6.45) is 6.71. The average molecular weight is 264 g/mol. The zero-order valence-electron chi connectivity index (χ0n) is 11.9. The summed E-state index contributed by atoms with van der Waals surface area (Å²) in [5.74, 6) is -0.0914. The zero-order chi connectivity index (χ0) is 13.7. The largest absolute Gasteiger partial charge is 0.366 e. The fourth-order valence-corrected chi connectivity index (χ4v) is 3.02. The number of nitrogens with zero attached hydrogens (tertiary/aromatic N) is 1. The molecule has 1 saturated heterocycles. The van der Waals surface area contributed by atoms with Gasteiger partial charge in [0.15, 0.2) is 0 Å². The van der Waals surface area contributed by atoms with Crippen LogP contribution in [0.2, 0.25) is 0 Å². The van der Waals surface area contributed by atoms with Gasteiger partial charge in [0.2, 0.25) is 0 Å². The Morgan fingerprint density at radius 3 is 2.84 bits per heavy atom. The van der Waals surface area contributed by atoms with E-state index in [-0.39, 0.29) is 5.82 Å². The third-order valence-corrected chi connectivity index (χ3v) is 4.10. The minimum Gasteiger partial charge on any atom is -0.366 e. The number of rotatable bonds is 4. The summed E-state index contributed by atoms with van der Waals surface area (Å²) < 4.78 is 14.3. The molecule has 1 aromatic rings. The molecule has 3 heteroatoms. The van der Waals surface area contributed by atoms with Gasteiger partial charge >= 0.3 is 0 Å². The van der Waals surface area contributed by atoms with Crippen LogP contribution in [0.4, 0.5) is 10.1 Å². The van der Waals surface area contributed by atoms with E-state index >= 15 is 0 Å². The summed E-state index contributed by atoms with van der Waals surface area (Å²) in [5, 5.41) is 0. The molecular formula is C16H25FN2. The predicted molar refractivity (Wildman–Crippen MR) is 79.1 cm³/mol. The van der Waals surface area contributed by atoms with Crippen molar-refractivity contribution in [1.29, 1.82) is 0 Å². The second-order valence-corrected chi connectivity index (χ2v) is 5.43. The van der Waals surface area contributed by atoms with Crippen LogP contribution in [0.25, 0.3) is 0 Å². The lowest BCUT2D eigenvalue weighted by Gasteiger charge is -2.32. The van der Waals surface area contributed by atoms with Crippen LogP contribution < -0.4 is 10.6 Å². The van der Waals surface area contributed by atoms with E-state index in [1.54, 1.807) is 6.07 Å². The van der Waals surface area contributed by atoms with E-state index in [4.69, 9.17) is 5.73 Å². The third-order valence-electron chi connectivity index (χ3n) is 4.10. The Morgan fingerprint density at radius 1 is 1.32 bits per heavy atom. The average Bonchev–Trinajstić information content (AvgIpc) is 2.64. The van der Waals surface area contributed by atoms with Gasteiger partial charge in [-0.25, -0.2) is 4.39 Å². The molecule has 2 N–H and O–H groups in total. The Kier molecular flexibility index (Phi) is 5.20. The molecule has 0 aromatic heterocycles. The first-order chi connectivity index (χ1) is 9.26. The lowest BCUT2D eigenvalue weighted by atomic mass is 10.1. The van der Waals surface area contributed by atoms with Gasteiger partial charge in [0.05, 0.1) is 5.69 Å². The molecule has 0 spiro atoms. The maximum Gasteiger partial charge on any atom is 0.146 e. The van der Waals surface area contributed by atoms with Crippen LogP contribution in [-0.2, 0) is 6.42 Å². The Balaban J connectivity index is 2.23. The second-order valence-electron chi connectivity index (χ2n) is 5.43. The molecule has 1 aliphatic heterocycles. The monoisotopic (exact) mass is 264 g/mol. The van der Waals surface area contributed by atoms with Gasteiger partial charge in [-0.1, -0.05) is 25.8 Å². The number of nitrogens with two attached hydrogens (primary N) is 1. The molecule has 0 amide bonds. The van der Waals surface area contributed by atoms with Crippen LogP contribution in [0.15, 0.2) is 18.2 Å². The van der Waals surface area contributed by atoms with Crippen molar-refractivity contribution >= 4 is 5.69 Å². The van der Waals surface area contributed by atoms with Crippen LogP contribution in [-0.4, -0.2) is 19.1 Å². The molecule has 1 unspecified atom stereocenters. The molecular weight excluding hydrogens is 239 g/mol. The van der Waals surface area contributed by atoms with E-state index in [9.17, 15) is 4.39 Å². The summed E-state index contributed by atoms with van der Waals surface area (Å²) in [4.78, 5) is 2.27. The van der Waals surface area contributed by atoms with Gasteiger partial charge in [-0.15, -0.1) is 0 Å². The van der Waals surface area contributed by atoms with E-state index in [1.807, 2.05) is 12.1 Å². The normalized spacial score (nSPS) is 20.4. The van der Waals surface area contributed by atoms with Gasteiger partial charge in [-0.3, -0.25) is 0 Å². The van der Waals surface area contributed by atoms with Gasteiger partial charge in [-0.2, -0.15) is 0 Å².